The molecule has 2 unspecified atom stereocenters. The van der Waals surface area contributed by atoms with Crippen LogP contribution in [0, 0.1) is 0 Å². The molecule has 0 bridgehead atoms. The van der Waals surface area contributed by atoms with E-state index in [1.165, 1.54) is 32.4 Å². The Balaban J connectivity index is 1.43. The highest BCUT2D eigenvalue weighted by atomic mass is 16.4. The van der Waals surface area contributed by atoms with Crippen LogP contribution in [0.15, 0.2) is 40.9 Å². The van der Waals surface area contributed by atoms with Crippen molar-refractivity contribution >= 4 is 0 Å². The van der Waals surface area contributed by atoms with Gasteiger partial charge in [-0.05, 0) is 39.3 Å². The topological polar surface area (TPSA) is 32.5 Å². The molecular weight excluding hydrogens is 286 g/mol. The second-order valence-corrected chi connectivity index (χ2v) is 6.79. The SMILES string of the molecule is CC(c1ncc(-c2ccccc2)o1)N1CCC(N2CCCC2)C1. The molecule has 0 amide bonds. The van der Waals surface area contributed by atoms with Crippen LogP contribution in [0.4, 0.5) is 0 Å². The molecule has 0 aliphatic carbocycles. The molecule has 4 nitrogen and oxygen atoms in total. The van der Waals surface area contributed by atoms with Crippen LogP contribution in [0.25, 0.3) is 11.3 Å². The van der Waals surface area contributed by atoms with Gasteiger partial charge in [0, 0.05) is 24.7 Å². The summed E-state index contributed by atoms with van der Waals surface area (Å²) in [4.78, 5) is 9.72. The first-order chi connectivity index (χ1) is 11.3. The van der Waals surface area contributed by atoms with E-state index in [1.807, 2.05) is 24.4 Å². The molecule has 2 aliphatic heterocycles. The molecule has 0 N–H and O–H groups in total. The van der Waals surface area contributed by atoms with E-state index in [-0.39, 0.29) is 6.04 Å². The van der Waals surface area contributed by atoms with Crippen molar-refractivity contribution in [2.75, 3.05) is 26.2 Å². The summed E-state index contributed by atoms with van der Waals surface area (Å²) in [6.45, 7) is 7.07. The van der Waals surface area contributed by atoms with Crippen molar-refractivity contribution in [2.24, 2.45) is 0 Å². The normalized spacial score (nSPS) is 24.3. The summed E-state index contributed by atoms with van der Waals surface area (Å²) in [5, 5.41) is 0. The third-order valence-corrected chi connectivity index (χ3v) is 5.34. The minimum absolute atomic E-state index is 0.250. The Morgan fingerprint density at radius 2 is 1.91 bits per heavy atom. The van der Waals surface area contributed by atoms with Gasteiger partial charge in [-0.1, -0.05) is 30.3 Å². The number of likely N-dealkylation sites (tertiary alicyclic amines) is 2. The summed E-state index contributed by atoms with van der Waals surface area (Å²) in [7, 11) is 0. The van der Waals surface area contributed by atoms with Crippen LogP contribution in [0.5, 0.6) is 0 Å². The van der Waals surface area contributed by atoms with Crippen LogP contribution >= 0.6 is 0 Å². The molecule has 2 fully saturated rings. The summed E-state index contributed by atoms with van der Waals surface area (Å²) < 4.78 is 6.04. The lowest BCUT2D eigenvalue weighted by molar-refractivity contribution is 0.191. The van der Waals surface area contributed by atoms with Gasteiger partial charge >= 0.3 is 0 Å². The van der Waals surface area contributed by atoms with Crippen molar-refractivity contribution in [1.29, 1.82) is 0 Å². The standard InChI is InChI=1S/C19H25N3O/c1-15(22-12-9-17(14-22)21-10-5-6-11-21)19-20-13-18(23-19)16-7-3-2-4-8-16/h2-4,7-8,13,15,17H,5-6,9-12,14H2,1H3. The van der Waals surface area contributed by atoms with Crippen molar-refractivity contribution in [3.63, 3.8) is 0 Å². The molecule has 2 aromatic rings. The first-order valence-electron chi connectivity index (χ1n) is 8.80. The summed E-state index contributed by atoms with van der Waals surface area (Å²) in [6, 6.07) is 11.2. The molecule has 4 rings (SSSR count). The van der Waals surface area contributed by atoms with Crippen molar-refractivity contribution in [3.05, 3.63) is 42.4 Å². The maximum Gasteiger partial charge on any atom is 0.211 e. The van der Waals surface area contributed by atoms with Gasteiger partial charge in [0.2, 0.25) is 5.89 Å². The Hall–Kier alpha value is -1.65. The van der Waals surface area contributed by atoms with E-state index in [4.69, 9.17) is 4.42 Å². The minimum atomic E-state index is 0.250. The molecule has 2 aliphatic rings. The fourth-order valence-corrected chi connectivity index (χ4v) is 3.90. The number of hydrogen-bond acceptors (Lipinski definition) is 4. The predicted molar refractivity (Wildman–Crippen MR) is 91.1 cm³/mol. The van der Waals surface area contributed by atoms with Crippen LogP contribution in [-0.4, -0.2) is 47.0 Å². The summed E-state index contributed by atoms with van der Waals surface area (Å²) in [5.41, 5.74) is 1.09. The van der Waals surface area contributed by atoms with Crippen LogP contribution < -0.4 is 0 Å². The second-order valence-electron chi connectivity index (χ2n) is 6.79. The fraction of sp³-hybridized carbons (Fsp3) is 0.526. The van der Waals surface area contributed by atoms with Gasteiger partial charge < -0.3 is 4.42 Å². The maximum absolute atomic E-state index is 6.04. The summed E-state index contributed by atoms with van der Waals surface area (Å²) in [6.07, 6.45) is 5.87. The van der Waals surface area contributed by atoms with Gasteiger partial charge in [-0.2, -0.15) is 0 Å². The molecule has 1 aromatic carbocycles. The van der Waals surface area contributed by atoms with Gasteiger partial charge in [-0.25, -0.2) is 4.98 Å². The lowest BCUT2D eigenvalue weighted by atomic mass is 10.2. The first-order valence-corrected chi connectivity index (χ1v) is 8.80. The van der Waals surface area contributed by atoms with Gasteiger partial charge in [0.1, 0.15) is 0 Å². The van der Waals surface area contributed by atoms with E-state index in [1.54, 1.807) is 0 Å². The van der Waals surface area contributed by atoms with E-state index < -0.39 is 0 Å². The van der Waals surface area contributed by atoms with Crippen molar-refractivity contribution in [2.45, 2.75) is 38.3 Å². The Kier molecular flexibility index (Phi) is 4.19. The zero-order chi connectivity index (χ0) is 15.6. The molecule has 0 spiro atoms. The summed E-state index contributed by atoms with van der Waals surface area (Å²) in [5.74, 6) is 1.70. The zero-order valence-electron chi connectivity index (χ0n) is 13.8. The molecule has 2 atom stereocenters. The molecule has 0 saturated carbocycles. The maximum atomic E-state index is 6.04. The highest BCUT2D eigenvalue weighted by Gasteiger charge is 2.33. The predicted octanol–water partition coefficient (Wildman–Crippen LogP) is 3.57. The quantitative estimate of drug-likeness (QED) is 0.864. The van der Waals surface area contributed by atoms with E-state index >= 15 is 0 Å². The smallest absolute Gasteiger partial charge is 0.211 e. The van der Waals surface area contributed by atoms with Crippen LogP contribution in [0.1, 0.15) is 38.1 Å². The number of benzene rings is 1. The van der Waals surface area contributed by atoms with Crippen LogP contribution in [-0.2, 0) is 0 Å². The molecule has 1 aromatic heterocycles. The fourth-order valence-electron chi connectivity index (χ4n) is 3.90. The molecule has 0 radical (unpaired) electrons. The van der Waals surface area contributed by atoms with E-state index in [9.17, 15) is 0 Å². The highest BCUT2D eigenvalue weighted by molar-refractivity contribution is 5.55. The Morgan fingerprint density at radius 1 is 1.13 bits per heavy atom. The number of aromatic nitrogens is 1. The Morgan fingerprint density at radius 3 is 2.70 bits per heavy atom. The molecule has 3 heterocycles. The number of nitrogens with zero attached hydrogens (tertiary/aromatic N) is 3. The van der Waals surface area contributed by atoms with Crippen molar-refractivity contribution < 1.29 is 4.42 Å². The first kappa shape index (κ1) is 14.9. The van der Waals surface area contributed by atoms with Gasteiger partial charge in [-0.15, -0.1) is 0 Å². The van der Waals surface area contributed by atoms with Gasteiger partial charge in [0.25, 0.3) is 0 Å². The summed E-state index contributed by atoms with van der Waals surface area (Å²) >= 11 is 0. The van der Waals surface area contributed by atoms with E-state index in [2.05, 4.69) is 33.8 Å². The average Bonchev–Trinajstić information content (AvgIpc) is 3.35. The van der Waals surface area contributed by atoms with Crippen LogP contribution in [0.3, 0.4) is 0 Å². The van der Waals surface area contributed by atoms with Gasteiger partial charge in [0.05, 0.1) is 12.2 Å². The van der Waals surface area contributed by atoms with Gasteiger partial charge in [0.15, 0.2) is 5.76 Å². The minimum Gasteiger partial charge on any atom is -0.439 e. The lowest BCUT2D eigenvalue weighted by Crippen LogP contribution is -2.35. The van der Waals surface area contributed by atoms with Crippen LogP contribution in [0.2, 0.25) is 0 Å². The van der Waals surface area contributed by atoms with Crippen molar-refractivity contribution in [3.8, 4) is 11.3 Å². The monoisotopic (exact) mass is 311 g/mol. The molecular formula is C19H25N3O. The molecule has 2 saturated heterocycles. The Labute approximate surface area is 138 Å². The van der Waals surface area contributed by atoms with Crippen molar-refractivity contribution in [1.82, 2.24) is 14.8 Å². The average molecular weight is 311 g/mol. The third-order valence-electron chi connectivity index (χ3n) is 5.34. The lowest BCUT2D eigenvalue weighted by Gasteiger charge is -2.25. The Bertz CT molecular complexity index is 633. The number of oxazole rings is 1. The number of rotatable bonds is 4. The molecule has 23 heavy (non-hydrogen) atoms. The van der Waals surface area contributed by atoms with Gasteiger partial charge in [-0.3, -0.25) is 9.80 Å². The largest absolute Gasteiger partial charge is 0.439 e. The molecule has 4 heteroatoms. The molecule has 122 valence electrons. The highest BCUT2D eigenvalue weighted by Crippen LogP contribution is 2.30. The second kappa shape index (κ2) is 6.46. The van der Waals surface area contributed by atoms with E-state index in [0.29, 0.717) is 0 Å². The number of hydrogen-bond donors (Lipinski definition) is 0. The van der Waals surface area contributed by atoms with E-state index in [0.717, 1.165) is 36.3 Å². The zero-order valence-corrected chi connectivity index (χ0v) is 13.8. The third kappa shape index (κ3) is 3.06.